The van der Waals surface area contributed by atoms with Gasteiger partial charge in [0.2, 0.25) is 5.82 Å². The zero-order chi connectivity index (χ0) is 13.0. The molecule has 0 aromatic heterocycles. The highest BCUT2D eigenvalue weighted by Gasteiger charge is 2.25. The maximum atomic E-state index is 13.7. The number of hydrogen-bond acceptors (Lipinski definition) is 5. The van der Waals surface area contributed by atoms with E-state index in [0.717, 1.165) is 7.11 Å². The summed E-state index contributed by atoms with van der Waals surface area (Å²) in [6, 6.07) is 2.63. The van der Waals surface area contributed by atoms with Gasteiger partial charge in [-0.05, 0) is 12.1 Å². The number of methoxy groups -OCH3 is 3. The summed E-state index contributed by atoms with van der Waals surface area (Å²) in [4.78, 5) is 11.2. The van der Waals surface area contributed by atoms with Gasteiger partial charge >= 0.3 is 5.97 Å². The Morgan fingerprint density at radius 1 is 1.29 bits per heavy atom. The molecule has 94 valence electrons. The van der Waals surface area contributed by atoms with E-state index in [2.05, 4.69) is 4.74 Å². The number of benzene rings is 1. The van der Waals surface area contributed by atoms with Gasteiger partial charge in [0.05, 0.1) is 21.3 Å². The molecule has 0 bridgehead atoms. The van der Waals surface area contributed by atoms with Crippen molar-refractivity contribution >= 4 is 5.97 Å². The number of rotatable bonds is 4. The third-order valence-corrected chi connectivity index (χ3v) is 2.24. The normalized spacial score (nSPS) is 11.8. The topological polar surface area (TPSA) is 65.0 Å². The maximum absolute atomic E-state index is 13.7. The average molecular weight is 244 g/mol. The second-order valence-corrected chi connectivity index (χ2v) is 3.13. The summed E-state index contributed by atoms with van der Waals surface area (Å²) in [5, 5.41) is 9.63. The van der Waals surface area contributed by atoms with E-state index in [1.807, 2.05) is 0 Å². The van der Waals surface area contributed by atoms with Crippen LogP contribution >= 0.6 is 0 Å². The van der Waals surface area contributed by atoms with Crippen molar-refractivity contribution in [2.75, 3.05) is 21.3 Å². The Balaban J connectivity index is 3.25. The molecule has 0 aliphatic heterocycles. The average Bonchev–Trinajstić information content (AvgIpc) is 2.36. The lowest BCUT2D eigenvalue weighted by Gasteiger charge is -2.15. The molecule has 1 N–H and O–H groups in total. The number of ether oxygens (including phenoxy) is 3. The van der Waals surface area contributed by atoms with Gasteiger partial charge in [0.25, 0.3) is 0 Å². The van der Waals surface area contributed by atoms with Crippen LogP contribution in [0.5, 0.6) is 11.5 Å². The lowest BCUT2D eigenvalue weighted by molar-refractivity contribution is -0.150. The first-order valence-electron chi connectivity index (χ1n) is 4.73. The molecule has 6 heteroatoms. The standard InChI is InChI=1S/C11H13FO5/c1-15-7-5-4-6(9(13)11(14)17-3)10(16-2)8(7)12/h4-5,9,13H,1-3H3. The zero-order valence-corrected chi connectivity index (χ0v) is 9.69. The lowest BCUT2D eigenvalue weighted by Crippen LogP contribution is -2.15. The summed E-state index contributed by atoms with van der Waals surface area (Å²) >= 11 is 0. The predicted molar refractivity (Wildman–Crippen MR) is 56.5 cm³/mol. The Labute approximate surface area is 97.7 Å². The second kappa shape index (κ2) is 5.49. The smallest absolute Gasteiger partial charge is 0.339 e. The molecule has 0 aliphatic carbocycles. The SMILES string of the molecule is COC(=O)C(O)c1ccc(OC)c(F)c1OC. The van der Waals surface area contributed by atoms with Crippen molar-refractivity contribution in [3.05, 3.63) is 23.5 Å². The van der Waals surface area contributed by atoms with Crippen molar-refractivity contribution < 1.29 is 28.5 Å². The molecule has 0 fully saturated rings. The molecule has 0 radical (unpaired) electrons. The van der Waals surface area contributed by atoms with E-state index in [1.165, 1.54) is 26.4 Å². The van der Waals surface area contributed by atoms with Gasteiger partial charge in [-0.25, -0.2) is 4.79 Å². The molecule has 1 aromatic rings. The Morgan fingerprint density at radius 3 is 2.41 bits per heavy atom. The van der Waals surface area contributed by atoms with Gasteiger partial charge in [-0.2, -0.15) is 4.39 Å². The fourth-order valence-electron chi connectivity index (χ4n) is 1.37. The van der Waals surface area contributed by atoms with E-state index in [1.54, 1.807) is 0 Å². The molecule has 1 rings (SSSR count). The first-order chi connectivity index (χ1) is 8.06. The van der Waals surface area contributed by atoms with Crippen LogP contribution < -0.4 is 9.47 Å². The van der Waals surface area contributed by atoms with E-state index in [4.69, 9.17) is 9.47 Å². The minimum atomic E-state index is -1.60. The highest BCUT2D eigenvalue weighted by Crippen LogP contribution is 2.34. The Bertz CT molecular complexity index is 419. The van der Waals surface area contributed by atoms with E-state index in [9.17, 15) is 14.3 Å². The summed E-state index contributed by atoms with van der Waals surface area (Å²) in [5.41, 5.74) is -0.0161. The van der Waals surface area contributed by atoms with E-state index in [0.29, 0.717) is 0 Å². The van der Waals surface area contributed by atoms with Crippen LogP contribution in [0, 0.1) is 5.82 Å². The monoisotopic (exact) mass is 244 g/mol. The highest BCUT2D eigenvalue weighted by atomic mass is 19.1. The van der Waals surface area contributed by atoms with Gasteiger partial charge in [0, 0.05) is 5.56 Å². The molecule has 0 saturated carbocycles. The molecule has 17 heavy (non-hydrogen) atoms. The van der Waals surface area contributed by atoms with Crippen molar-refractivity contribution in [3.8, 4) is 11.5 Å². The molecule has 0 saturated heterocycles. The summed E-state index contributed by atoms with van der Waals surface area (Å²) in [5.74, 6) is -1.96. The fraction of sp³-hybridized carbons (Fsp3) is 0.364. The first-order valence-corrected chi connectivity index (χ1v) is 4.73. The van der Waals surface area contributed by atoms with Crippen molar-refractivity contribution in [2.24, 2.45) is 0 Å². The van der Waals surface area contributed by atoms with Crippen LogP contribution in [-0.2, 0) is 9.53 Å². The van der Waals surface area contributed by atoms with Crippen molar-refractivity contribution in [1.82, 2.24) is 0 Å². The van der Waals surface area contributed by atoms with E-state index < -0.39 is 17.9 Å². The third kappa shape index (κ3) is 2.47. The molecule has 0 heterocycles. The van der Waals surface area contributed by atoms with Crippen LogP contribution in [0.4, 0.5) is 4.39 Å². The van der Waals surface area contributed by atoms with E-state index >= 15 is 0 Å². The highest BCUT2D eigenvalue weighted by molar-refractivity contribution is 5.77. The van der Waals surface area contributed by atoms with Gasteiger partial charge in [-0.15, -0.1) is 0 Å². The molecule has 1 aromatic carbocycles. The fourth-order valence-corrected chi connectivity index (χ4v) is 1.37. The van der Waals surface area contributed by atoms with Gasteiger partial charge in [0.1, 0.15) is 0 Å². The largest absolute Gasteiger partial charge is 0.494 e. The van der Waals surface area contributed by atoms with Crippen molar-refractivity contribution in [2.45, 2.75) is 6.10 Å². The second-order valence-electron chi connectivity index (χ2n) is 3.13. The van der Waals surface area contributed by atoms with Crippen molar-refractivity contribution in [1.29, 1.82) is 0 Å². The summed E-state index contributed by atoms with van der Waals surface area (Å²) in [7, 11) is 3.65. The molecule has 0 aliphatic rings. The predicted octanol–water partition coefficient (Wildman–Crippen LogP) is 1.05. The molecule has 5 nitrogen and oxygen atoms in total. The van der Waals surface area contributed by atoms with E-state index in [-0.39, 0.29) is 17.1 Å². The summed E-state index contributed by atoms with van der Waals surface area (Å²) in [6.45, 7) is 0. The maximum Gasteiger partial charge on any atom is 0.339 e. The lowest BCUT2D eigenvalue weighted by atomic mass is 10.1. The number of esters is 1. The number of halogens is 1. The van der Waals surface area contributed by atoms with Crippen LogP contribution in [0.3, 0.4) is 0 Å². The number of carbonyl (C=O) groups excluding carboxylic acids is 1. The molecule has 1 atom stereocenters. The third-order valence-electron chi connectivity index (χ3n) is 2.24. The Morgan fingerprint density at radius 2 is 1.94 bits per heavy atom. The molecule has 0 amide bonds. The van der Waals surface area contributed by atoms with Crippen LogP contribution in [0.15, 0.2) is 12.1 Å². The molecular weight excluding hydrogens is 231 g/mol. The van der Waals surface area contributed by atoms with Crippen LogP contribution in [0.1, 0.15) is 11.7 Å². The zero-order valence-electron chi connectivity index (χ0n) is 9.69. The minimum Gasteiger partial charge on any atom is -0.494 e. The number of aliphatic hydroxyl groups excluding tert-OH is 1. The van der Waals surface area contributed by atoms with Crippen LogP contribution in [0.25, 0.3) is 0 Å². The molecule has 1 unspecified atom stereocenters. The van der Waals surface area contributed by atoms with Gasteiger partial charge < -0.3 is 19.3 Å². The Hall–Kier alpha value is -1.82. The van der Waals surface area contributed by atoms with Gasteiger partial charge in [-0.1, -0.05) is 0 Å². The minimum absolute atomic E-state index is 0.0161. The van der Waals surface area contributed by atoms with Gasteiger partial charge in [0.15, 0.2) is 17.6 Å². The van der Waals surface area contributed by atoms with Crippen LogP contribution in [0.2, 0.25) is 0 Å². The summed E-state index contributed by atoms with van der Waals surface area (Å²) in [6.07, 6.45) is -1.60. The number of hydrogen-bond donors (Lipinski definition) is 1. The number of aliphatic hydroxyl groups is 1. The number of carbonyl (C=O) groups is 1. The summed E-state index contributed by atoms with van der Waals surface area (Å²) < 4.78 is 27.7. The first kappa shape index (κ1) is 13.2. The quantitative estimate of drug-likeness (QED) is 0.802. The molecular formula is C11H13FO5. The van der Waals surface area contributed by atoms with Crippen molar-refractivity contribution in [3.63, 3.8) is 0 Å². The Kier molecular flexibility index (Phi) is 4.28. The van der Waals surface area contributed by atoms with Crippen LogP contribution in [-0.4, -0.2) is 32.4 Å². The molecule has 0 spiro atoms. The van der Waals surface area contributed by atoms with Gasteiger partial charge in [-0.3, -0.25) is 0 Å².